The van der Waals surface area contributed by atoms with Crippen LogP contribution in [0, 0.1) is 21.4 Å². The SMILES string of the molecule is N#Cc1ccc(C(=O)CC(C[N+](=O)[O-])(c2cc(Cl)cc(Cl)c2)C(F)(F)F)cc1Cl. The zero-order chi connectivity index (χ0) is 22.0. The summed E-state index contributed by atoms with van der Waals surface area (Å²) in [5.41, 5.74) is -3.98. The Balaban J connectivity index is 2.63. The van der Waals surface area contributed by atoms with Gasteiger partial charge in [-0.2, -0.15) is 18.4 Å². The van der Waals surface area contributed by atoms with Crippen molar-refractivity contribution in [3.05, 3.63) is 78.3 Å². The zero-order valence-electron chi connectivity index (χ0n) is 14.3. The third kappa shape index (κ3) is 4.99. The van der Waals surface area contributed by atoms with Crippen molar-refractivity contribution in [3.63, 3.8) is 0 Å². The first-order valence-electron chi connectivity index (χ1n) is 7.77. The normalized spacial score (nSPS) is 13.4. The van der Waals surface area contributed by atoms with Crippen LogP contribution < -0.4 is 0 Å². The third-order valence-corrected chi connectivity index (χ3v) is 4.98. The Morgan fingerprint density at radius 3 is 2.14 bits per heavy atom. The number of rotatable bonds is 6. The summed E-state index contributed by atoms with van der Waals surface area (Å²) in [7, 11) is 0. The minimum absolute atomic E-state index is 0.0252. The van der Waals surface area contributed by atoms with Gasteiger partial charge in [-0.1, -0.05) is 34.8 Å². The van der Waals surface area contributed by atoms with E-state index in [0.29, 0.717) is 0 Å². The lowest BCUT2D eigenvalue weighted by Crippen LogP contribution is -2.49. The Kier molecular flexibility index (Phi) is 6.78. The number of nitriles is 1. The van der Waals surface area contributed by atoms with Crippen molar-refractivity contribution in [1.82, 2.24) is 0 Å². The summed E-state index contributed by atoms with van der Waals surface area (Å²) in [4.78, 5) is 22.6. The summed E-state index contributed by atoms with van der Waals surface area (Å²) in [5, 5.41) is 19.5. The highest BCUT2D eigenvalue weighted by Gasteiger charge is 2.60. The number of halogens is 6. The monoisotopic (exact) mass is 464 g/mol. The van der Waals surface area contributed by atoms with E-state index in [1.54, 1.807) is 6.07 Å². The summed E-state index contributed by atoms with van der Waals surface area (Å²) in [6.45, 7) is -1.61. The van der Waals surface area contributed by atoms with Gasteiger partial charge in [0.1, 0.15) is 6.07 Å². The Morgan fingerprint density at radius 2 is 1.69 bits per heavy atom. The molecule has 11 heteroatoms. The van der Waals surface area contributed by atoms with Crippen LogP contribution in [-0.4, -0.2) is 23.4 Å². The molecule has 0 saturated carbocycles. The molecule has 2 aromatic carbocycles. The highest BCUT2D eigenvalue weighted by molar-refractivity contribution is 6.34. The van der Waals surface area contributed by atoms with Gasteiger partial charge in [0.05, 0.1) is 10.6 Å². The van der Waals surface area contributed by atoms with E-state index in [4.69, 9.17) is 40.1 Å². The summed E-state index contributed by atoms with van der Waals surface area (Å²) in [6, 6.07) is 8.06. The molecule has 0 aliphatic heterocycles. The molecule has 2 rings (SSSR count). The van der Waals surface area contributed by atoms with E-state index >= 15 is 0 Å². The molecule has 0 bridgehead atoms. The molecule has 0 aromatic heterocycles. The van der Waals surface area contributed by atoms with Crippen LogP contribution in [0.4, 0.5) is 13.2 Å². The van der Waals surface area contributed by atoms with Crippen molar-refractivity contribution < 1.29 is 22.9 Å². The second kappa shape index (κ2) is 8.57. The lowest BCUT2D eigenvalue weighted by atomic mass is 9.74. The molecule has 1 unspecified atom stereocenters. The van der Waals surface area contributed by atoms with Crippen LogP contribution in [0.3, 0.4) is 0 Å². The second-order valence-electron chi connectivity index (χ2n) is 6.14. The summed E-state index contributed by atoms with van der Waals surface area (Å²) < 4.78 is 42.4. The van der Waals surface area contributed by atoms with E-state index in [-0.39, 0.29) is 26.2 Å². The number of hydrogen-bond acceptors (Lipinski definition) is 4. The average Bonchev–Trinajstić information content (AvgIpc) is 2.58. The molecule has 5 nitrogen and oxygen atoms in total. The van der Waals surface area contributed by atoms with Crippen LogP contribution in [0.2, 0.25) is 15.1 Å². The van der Waals surface area contributed by atoms with Gasteiger partial charge in [0.2, 0.25) is 6.54 Å². The largest absolute Gasteiger partial charge is 0.405 e. The van der Waals surface area contributed by atoms with Gasteiger partial charge in [0, 0.05) is 27.0 Å². The van der Waals surface area contributed by atoms with Crippen LogP contribution in [0.25, 0.3) is 0 Å². The predicted octanol–water partition coefficient (Wildman–Crippen LogP) is 5.87. The van der Waals surface area contributed by atoms with Crippen LogP contribution in [0.15, 0.2) is 36.4 Å². The van der Waals surface area contributed by atoms with E-state index in [0.717, 1.165) is 24.3 Å². The smallest absolute Gasteiger partial charge is 0.294 e. The van der Waals surface area contributed by atoms with Crippen LogP contribution in [0.1, 0.15) is 27.9 Å². The van der Waals surface area contributed by atoms with Crippen molar-refractivity contribution in [2.75, 3.05) is 6.54 Å². The fourth-order valence-electron chi connectivity index (χ4n) is 2.81. The van der Waals surface area contributed by atoms with Crippen molar-refractivity contribution >= 4 is 40.6 Å². The molecule has 2 aromatic rings. The number of carbonyl (C=O) groups is 1. The highest BCUT2D eigenvalue weighted by Crippen LogP contribution is 2.46. The number of hydrogen-bond donors (Lipinski definition) is 0. The third-order valence-electron chi connectivity index (χ3n) is 4.23. The van der Waals surface area contributed by atoms with Crippen molar-refractivity contribution in [3.8, 4) is 6.07 Å². The number of benzene rings is 2. The fraction of sp³-hybridized carbons (Fsp3) is 0.222. The summed E-state index contributed by atoms with van der Waals surface area (Å²) in [6.07, 6.45) is -6.46. The zero-order valence-corrected chi connectivity index (χ0v) is 16.5. The van der Waals surface area contributed by atoms with Gasteiger partial charge in [-0.3, -0.25) is 14.9 Å². The van der Waals surface area contributed by atoms with E-state index in [1.165, 1.54) is 12.1 Å². The molecule has 29 heavy (non-hydrogen) atoms. The molecule has 0 heterocycles. The molecule has 0 spiro atoms. The summed E-state index contributed by atoms with van der Waals surface area (Å²) in [5.74, 6) is -1.05. The second-order valence-corrected chi connectivity index (χ2v) is 7.42. The number of nitro groups is 1. The maximum atomic E-state index is 14.1. The van der Waals surface area contributed by atoms with E-state index < -0.39 is 40.8 Å². The predicted molar refractivity (Wildman–Crippen MR) is 101 cm³/mol. The Bertz CT molecular complexity index is 1000. The Hall–Kier alpha value is -2.34. The quantitative estimate of drug-likeness (QED) is 0.303. The van der Waals surface area contributed by atoms with Gasteiger partial charge >= 0.3 is 6.18 Å². The molecular formula is C18H10Cl3F3N2O3. The summed E-state index contributed by atoms with van der Waals surface area (Å²) >= 11 is 17.4. The van der Waals surface area contributed by atoms with Gasteiger partial charge in [-0.05, 0) is 42.0 Å². The highest BCUT2D eigenvalue weighted by atomic mass is 35.5. The molecule has 0 aliphatic carbocycles. The van der Waals surface area contributed by atoms with Gasteiger partial charge < -0.3 is 0 Å². The maximum absolute atomic E-state index is 14.1. The van der Waals surface area contributed by atoms with E-state index in [9.17, 15) is 28.1 Å². The first kappa shape index (κ1) is 22.9. The van der Waals surface area contributed by atoms with Gasteiger partial charge in [0.15, 0.2) is 11.2 Å². The van der Waals surface area contributed by atoms with Crippen molar-refractivity contribution in [2.45, 2.75) is 18.0 Å². The molecule has 0 radical (unpaired) electrons. The minimum atomic E-state index is -5.18. The molecule has 152 valence electrons. The van der Waals surface area contributed by atoms with E-state index in [2.05, 4.69) is 0 Å². The van der Waals surface area contributed by atoms with Crippen molar-refractivity contribution in [2.24, 2.45) is 0 Å². The van der Waals surface area contributed by atoms with Crippen LogP contribution >= 0.6 is 34.8 Å². The van der Waals surface area contributed by atoms with Gasteiger partial charge in [0.25, 0.3) is 0 Å². The maximum Gasteiger partial charge on any atom is 0.405 e. The number of carbonyl (C=O) groups excluding carboxylic acids is 1. The number of Topliss-reactive ketones (excluding diaryl/α,β-unsaturated/α-hetero) is 1. The van der Waals surface area contributed by atoms with Gasteiger partial charge in [-0.25, -0.2) is 0 Å². The first-order valence-corrected chi connectivity index (χ1v) is 8.91. The molecule has 0 fully saturated rings. The Morgan fingerprint density at radius 1 is 1.10 bits per heavy atom. The molecule has 1 atom stereocenters. The number of alkyl halides is 3. The molecule has 0 amide bonds. The molecule has 0 saturated heterocycles. The Labute approximate surface area is 177 Å². The number of nitrogens with zero attached hydrogens (tertiary/aromatic N) is 2. The topological polar surface area (TPSA) is 84.0 Å². The molecular weight excluding hydrogens is 456 g/mol. The average molecular weight is 466 g/mol. The first-order chi connectivity index (χ1) is 13.4. The molecule has 0 aliphatic rings. The lowest BCUT2D eigenvalue weighted by Gasteiger charge is -2.32. The van der Waals surface area contributed by atoms with E-state index in [1.807, 2.05) is 0 Å². The minimum Gasteiger partial charge on any atom is -0.294 e. The fourth-order valence-corrected chi connectivity index (χ4v) is 3.56. The number of ketones is 1. The van der Waals surface area contributed by atoms with Crippen molar-refractivity contribution in [1.29, 1.82) is 5.26 Å². The van der Waals surface area contributed by atoms with Crippen LogP contribution in [-0.2, 0) is 5.41 Å². The van der Waals surface area contributed by atoms with Gasteiger partial charge in [-0.15, -0.1) is 0 Å². The van der Waals surface area contributed by atoms with Crippen LogP contribution in [0.5, 0.6) is 0 Å². The standard InChI is InChI=1S/C18H10Cl3F3N2O3/c19-13-4-12(5-14(20)6-13)17(9-26(28)29,18(22,23)24)7-16(27)10-1-2-11(8-25)15(21)3-10/h1-6H,7,9H2. The lowest BCUT2D eigenvalue weighted by molar-refractivity contribution is -0.501. The molecule has 0 N–H and O–H groups in total.